The zero-order chi connectivity index (χ0) is 6.85. The van der Waals surface area contributed by atoms with Crippen molar-refractivity contribution in [2.24, 2.45) is 0 Å². The van der Waals surface area contributed by atoms with Gasteiger partial charge in [0.25, 0.3) is 5.82 Å². The smallest absolute Gasteiger partial charge is 0.270 e. The lowest BCUT2D eigenvalue weighted by Crippen LogP contribution is -3.00. The zero-order valence-electron chi connectivity index (χ0n) is 7.11. The Bertz CT molecular complexity index is 180. The average Bonchev–Trinajstić information content (AvgIpc) is 1.59. The predicted molar refractivity (Wildman–Crippen MR) is 44.1 cm³/mol. The van der Waals surface area contributed by atoms with E-state index in [9.17, 15) is 0 Å². The molecule has 0 aliphatic carbocycles. The van der Waals surface area contributed by atoms with Crippen LogP contribution in [-0.2, 0) is 0 Å². The quantitative estimate of drug-likeness (QED) is 0.448. The minimum Gasteiger partial charge on any atom is -1.00 e. The molecule has 5 heteroatoms. The van der Waals surface area contributed by atoms with E-state index in [1.807, 2.05) is 19.9 Å². The first-order valence-corrected chi connectivity index (χ1v) is 2.94. The van der Waals surface area contributed by atoms with Crippen molar-refractivity contribution in [1.82, 2.24) is 0 Å². The summed E-state index contributed by atoms with van der Waals surface area (Å²) in [6, 6.07) is 3.96. The summed E-state index contributed by atoms with van der Waals surface area (Å²) in [6.07, 6.45) is 0. The van der Waals surface area contributed by atoms with E-state index >= 15 is 0 Å². The van der Waals surface area contributed by atoms with Gasteiger partial charge in [0, 0.05) is 6.07 Å². The molecule has 0 aliphatic heterocycles. The van der Waals surface area contributed by atoms with Gasteiger partial charge in [-0.2, -0.15) is 0 Å². The monoisotopic (exact) mass is 194 g/mol. The van der Waals surface area contributed by atoms with E-state index in [0.717, 1.165) is 11.5 Å². The minimum atomic E-state index is 0. The Kier molecular flexibility index (Phi) is 9.87. The molecule has 7 N–H and O–H groups in total. The number of anilines is 1. The molecule has 0 bridgehead atoms. The number of aryl methyl sites for hydroxylation is 2. The SMILES string of the molecule is Cc1cc(C)[nH+]c(N)c1.O.O.[Cl-]. The summed E-state index contributed by atoms with van der Waals surface area (Å²) in [5.41, 5.74) is 7.81. The van der Waals surface area contributed by atoms with Crippen molar-refractivity contribution in [1.29, 1.82) is 0 Å². The fourth-order valence-electron chi connectivity index (χ4n) is 0.928. The highest BCUT2D eigenvalue weighted by Gasteiger charge is 1.94. The van der Waals surface area contributed by atoms with E-state index in [0.29, 0.717) is 0 Å². The Balaban J connectivity index is -0.000000270. The van der Waals surface area contributed by atoms with Crippen molar-refractivity contribution in [3.63, 3.8) is 0 Å². The number of rotatable bonds is 0. The lowest BCUT2D eigenvalue weighted by atomic mass is 10.2. The summed E-state index contributed by atoms with van der Waals surface area (Å²) < 4.78 is 0. The van der Waals surface area contributed by atoms with E-state index in [2.05, 4.69) is 11.1 Å². The van der Waals surface area contributed by atoms with Crippen LogP contribution in [0.3, 0.4) is 0 Å². The maximum Gasteiger partial charge on any atom is 0.270 e. The lowest BCUT2D eigenvalue weighted by molar-refractivity contribution is -0.370. The molecule has 4 nitrogen and oxygen atoms in total. The molecule has 0 aromatic carbocycles. The second kappa shape index (κ2) is 6.84. The van der Waals surface area contributed by atoms with Crippen LogP contribution >= 0.6 is 0 Å². The van der Waals surface area contributed by atoms with E-state index in [1.165, 1.54) is 5.56 Å². The maximum atomic E-state index is 5.50. The Hall–Kier alpha value is -0.840. The molecule has 0 fully saturated rings. The van der Waals surface area contributed by atoms with Crippen LogP contribution in [0.5, 0.6) is 0 Å². The highest BCUT2D eigenvalue weighted by Crippen LogP contribution is 1.99. The third-order valence-corrected chi connectivity index (χ3v) is 1.17. The summed E-state index contributed by atoms with van der Waals surface area (Å²) in [4.78, 5) is 2.99. The molecule has 72 valence electrons. The van der Waals surface area contributed by atoms with Crippen molar-refractivity contribution in [2.45, 2.75) is 13.8 Å². The van der Waals surface area contributed by atoms with Crippen LogP contribution in [0.1, 0.15) is 11.3 Å². The Morgan fingerprint density at radius 1 is 1.17 bits per heavy atom. The minimum absolute atomic E-state index is 0. The van der Waals surface area contributed by atoms with Gasteiger partial charge < -0.3 is 23.4 Å². The van der Waals surface area contributed by atoms with Crippen molar-refractivity contribution in [3.8, 4) is 0 Å². The van der Waals surface area contributed by atoms with Crippen LogP contribution in [0, 0.1) is 13.8 Å². The first kappa shape index (κ1) is 17.3. The fraction of sp³-hybridized carbons (Fsp3) is 0.286. The number of hydrogen-bond acceptors (Lipinski definition) is 1. The molecule has 1 heterocycles. The van der Waals surface area contributed by atoms with Crippen molar-refractivity contribution >= 4 is 5.82 Å². The molecule has 0 radical (unpaired) electrons. The number of H-pyrrole nitrogens is 1. The lowest BCUT2D eigenvalue weighted by Gasteiger charge is -1.91. The third kappa shape index (κ3) is 4.90. The average molecular weight is 195 g/mol. The second-order valence-electron chi connectivity index (χ2n) is 2.30. The zero-order valence-corrected chi connectivity index (χ0v) is 7.87. The van der Waals surface area contributed by atoms with Gasteiger partial charge in [-0.1, -0.05) is 0 Å². The van der Waals surface area contributed by atoms with Crippen LogP contribution in [0.4, 0.5) is 5.82 Å². The number of pyridine rings is 1. The molecule has 0 spiro atoms. The Labute approximate surface area is 77.8 Å². The standard InChI is InChI=1S/C7H10N2.ClH.2H2O/c1-5-3-6(2)9-7(8)4-5;;;/h3-4H,1-2H3,(H2,8,9);1H;2*1H2. The topological polar surface area (TPSA) is 103 Å². The van der Waals surface area contributed by atoms with E-state index < -0.39 is 0 Å². The number of nitrogens with two attached hydrogens (primary N) is 1. The summed E-state index contributed by atoms with van der Waals surface area (Å²) in [5.74, 6) is 0.729. The number of aromatic amines is 1. The molecule has 0 aliphatic rings. The van der Waals surface area contributed by atoms with Gasteiger partial charge in [0.2, 0.25) is 0 Å². The fourth-order valence-corrected chi connectivity index (χ4v) is 0.928. The summed E-state index contributed by atoms with van der Waals surface area (Å²) in [6.45, 7) is 4.01. The third-order valence-electron chi connectivity index (χ3n) is 1.17. The van der Waals surface area contributed by atoms with E-state index in [-0.39, 0.29) is 23.4 Å². The molecule has 1 aromatic heterocycles. The Morgan fingerprint density at radius 2 is 1.67 bits per heavy atom. The second-order valence-corrected chi connectivity index (χ2v) is 2.30. The summed E-state index contributed by atoms with van der Waals surface area (Å²) in [5, 5.41) is 0. The molecule has 0 unspecified atom stereocenters. The molecule has 1 aromatic rings. The Morgan fingerprint density at radius 3 is 2.00 bits per heavy atom. The molecule has 1 rings (SSSR count). The number of nitrogens with one attached hydrogen (secondary N) is 1. The van der Waals surface area contributed by atoms with E-state index in [1.54, 1.807) is 0 Å². The maximum absolute atomic E-state index is 5.50. The van der Waals surface area contributed by atoms with Gasteiger partial charge in [-0.25, -0.2) is 4.98 Å². The summed E-state index contributed by atoms with van der Waals surface area (Å²) in [7, 11) is 0. The molecular formula is C7H15ClN2O2. The number of halogens is 1. The molecule has 0 saturated carbocycles. The van der Waals surface area contributed by atoms with Gasteiger partial charge in [-0.05, 0) is 25.5 Å². The highest BCUT2D eigenvalue weighted by molar-refractivity contribution is 5.26. The van der Waals surface area contributed by atoms with Gasteiger partial charge in [0.15, 0.2) is 0 Å². The van der Waals surface area contributed by atoms with Crippen LogP contribution in [0.2, 0.25) is 0 Å². The van der Waals surface area contributed by atoms with Crippen molar-refractivity contribution < 1.29 is 28.3 Å². The van der Waals surface area contributed by atoms with Crippen LogP contribution in [0.25, 0.3) is 0 Å². The predicted octanol–water partition coefficient (Wildman–Crippen LogP) is -3.95. The number of aromatic nitrogens is 1. The number of hydrogen-bond donors (Lipinski definition) is 1. The molecule has 12 heavy (non-hydrogen) atoms. The van der Waals surface area contributed by atoms with Crippen molar-refractivity contribution in [3.05, 3.63) is 23.4 Å². The normalized spacial score (nSPS) is 7.17. The molecule has 0 saturated heterocycles. The van der Waals surface area contributed by atoms with Crippen LogP contribution < -0.4 is 23.1 Å². The number of nitrogen functional groups attached to an aromatic ring is 1. The van der Waals surface area contributed by atoms with Crippen LogP contribution in [-0.4, -0.2) is 11.0 Å². The van der Waals surface area contributed by atoms with E-state index in [4.69, 9.17) is 5.73 Å². The van der Waals surface area contributed by atoms with Crippen molar-refractivity contribution in [2.75, 3.05) is 5.73 Å². The van der Waals surface area contributed by atoms with Gasteiger partial charge in [-0.15, -0.1) is 0 Å². The molecule has 0 amide bonds. The first-order valence-electron chi connectivity index (χ1n) is 2.94. The summed E-state index contributed by atoms with van der Waals surface area (Å²) >= 11 is 0. The van der Waals surface area contributed by atoms with Gasteiger partial charge >= 0.3 is 0 Å². The molecule has 0 atom stereocenters. The largest absolute Gasteiger partial charge is 1.00 e. The highest BCUT2D eigenvalue weighted by atomic mass is 35.5. The van der Waals surface area contributed by atoms with Crippen LogP contribution in [0.15, 0.2) is 12.1 Å². The first-order chi connectivity index (χ1) is 4.18. The molecular weight excluding hydrogens is 180 g/mol. The van der Waals surface area contributed by atoms with Gasteiger partial charge in [0.05, 0.1) is 5.69 Å². The van der Waals surface area contributed by atoms with Gasteiger partial charge in [0.1, 0.15) is 0 Å². The van der Waals surface area contributed by atoms with Gasteiger partial charge in [-0.3, -0.25) is 5.73 Å².